The lowest BCUT2D eigenvalue weighted by molar-refractivity contribution is 0.131. The largest absolute Gasteiger partial charge is 0.494 e. The average molecular weight is 363 g/mol. The fraction of sp³-hybridized carbons (Fsp3) is 0.667. The number of carbonyl (C=O) groups excluding carboxylic acids is 1. The Kier molecular flexibility index (Phi) is 9.32. The molecule has 1 heterocycles. The first-order chi connectivity index (χ1) is 12.7. The van der Waals surface area contributed by atoms with Crippen molar-refractivity contribution in [3.63, 3.8) is 0 Å². The minimum Gasteiger partial charge on any atom is -0.494 e. The summed E-state index contributed by atoms with van der Waals surface area (Å²) in [6.45, 7) is 8.39. The van der Waals surface area contributed by atoms with Crippen LogP contribution in [0.2, 0.25) is 0 Å². The van der Waals surface area contributed by atoms with Crippen molar-refractivity contribution in [1.82, 2.24) is 4.90 Å². The minimum absolute atomic E-state index is 0.390. The maximum absolute atomic E-state index is 12.0. The van der Waals surface area contributed by atoms with E-state index >= 15 is 0 Å². The molecule has 146 valence electrons. The van der Waals surface area contributed by atoms with Crippen LogP contribution in [0.1, 0.15) is 57.4 Å². The van der Waals surface area contributed by atoms with E-state index in [4.69, 9.17) is 9.47 Å². The van der Waals surface area contributed by atoms with Crippen molar-refractivity contribution in [1.29, 1.82) is 0 Å². The molecule has 1 N–H and O–H groups in total. The van der Waals surface area contributed by atoms with E-state index in [9.17, 15) is 4.79 Å². The van der Waals surface area contributed by atoms with Crippen LogP contribution in [-0.4, -0.2) is 43.8 Å². The molecule has 0 saturated carbocycles. The van der Waals surface area contributed by atoms with Gasteiger partial charge in [0.15, 0.2) is 0 Å². The van der Waals surface area contributed by atoms with Crippen LogP contribution in [0.4, 0.5) is 10.5 Å². The summed E-state index contributed by atoms with van der Waals surface area (Å²) in [5.41, 5.74) is 1.75. The van der Waals surface area contributed by atoms with Gasteiger partial charge in [0.1, 0.15) is 12.4 Å². The molecule has 1 aliphatic heterocycles. The Morgan fingerprint density at radius 1 is 1.12 bits per heavy atom. The molecule has 1 aliphatic rings. The number of hydrogen-bond donors (Lipinski definition) is 1. The van der Waals surface area contributed by atoms with Crippen LogP contribution >= 0.6 is 0 Å². The number of amides is 1. The summed E-state index contributed by atoms with van der Waals surface area (Å²) in [5, 5.41) is 2.82. The first-order valence-electron chi connectivity index (χ1n) is 10.1. The SMILES string of the molecule is CCCCCCOc1ccc(NC(=O)OCCN2CCCCC2)c(C)c1. The van der Waals surface area contributed by atoms with Gasteiger partial charge in [0.2, 0.25) is 0 Å². The number of nitrogens with zero attached hydrogens (tertiary/aromatic N) is 1. The molecular weight excluding hydrogens is 328 g/mol. The summed E-state index contributed by atoms with van der Waals surface area (Å²) >= 11 is 0. The molecule has 0 atom stereocenters. The Bertz CT molecular complexity index is 542. The zero-order valence-electron chi connectivity index (χ0n) is 16.4. The molecule has 0 aliphatic carbocycles. The van der Waals surface area contributed by atoms with Gasteiger partial charge in [-0.05, 0) is 63.0 Å². The molecule has 0 aromatic heterocycles. The normalized spacial score (nSPS) is 14.8. The second-order valence-electron chi connectivity index (χ2n) is 7.05. The molecule has 0 bridgehead atoms. The van der Waals surface area contributed by atoms with Crippen LogP contribution in [0, 0.1) is 6.92 Å². The highest BCUT2D eigenvalue weighted by molar-refractivity contribution is 5.85. The summed E-state index contributed by atoms with van der Waals surface area (Å²) in [4.78, 5) is 14.3. The third-order valence-corrected chi connectivity index (χ3v) is 4.79. The summed E-state index contributed by atoms with van der Waals surface area (Å²) < 4.78 is 11.1. The van der Waals surface area contributed by atoms with Crippen LogP contribution in [0.25, 0.3) is 0 Å². The quantitative estimate of drug-likeness (QED) is 0.596. The topological polar surface area (TPSA) is 50.8 Å². The summed E-state index contributed by atoms with van der Waals surface area (Å²) in [7, 11) is 0. The molecule has 1 saturated heterocycles. The molecule has 1 amide bonds. The lowest BCUT2D eigenvalue weighted by Gasteiger charge is -2.25. The molecule has 1 aromatic rings. The van der Waals surface area contributed by atoms with E-state index in [1.165, 1.54) is 38.5 Å². The van der Waals surface area contributed by atoms with E-state index in [0.717, 1.165) is 49.7 Å². The van der Waals surface area contributed by atoms with Crippen molar-refractivity contribution < 1.29 is 14.3 Å². The zero-order chi connectivity index (χ0) is 18.6. The van der Waals surface area contributed by atoms with Crippen LogP contribution in [0.15, 0.2) is 18.2 Å². The van der Waals surface area contributed by atoms with Gasteiger partial charge in [0.25, 0.3) is 0 Å². The van der Waals surface area contributed by atoms with Crippen molar-refractivity contribution >= 4 is 11.8 Å². The number of nitrogens with one attached hydrogen (secondary N) is 1. The van der Waals surface area contributed by atoms with Crippen LogP contribution in [-0.2, 0) is 4.74 Å². The molecule has 0 spiro atoms. The predicted molar refractivity (Wildman–Crippen MR) is 106 cm³/mol. The van der Waals surface area contributed by atoms with Gasteiger partial charge in [-0.25, -0.2) is 4.79 Å². The first kappa shape index (κ1) is 20.6. The Hall–Kier alpha value is -1.75. The number of benzene rings is 1. The van der Waals surface area contributed by atoms with E-state index in [0.29, 0.717) is 6.61 Å². The minimum atomic E-state index is -0.390. The molecule has 26 heavy (non-hydrogen) atoms. The highest BCUT2D eigenvalue weighted by Gasteiger charge is 2.11. The number of likely N-dealkylation sites (tertiary alicyclic amines) is 1. The molecule has 0 radical (unpaired) electrons. The van der Waals surface area contributed by atoms with Gasteiger partial charge >= 0.3 is 6.09 Å². The van der Waals surface area contributed by atoms with Crippen LogP contribution in [0.5, 0.6) is 5.75 Å². The maximum atomic E-state index is 12.0. The van der Waals surface area contributed by atoms with E-state index in [2.05, 4.69) is 17.1 Å². The summed E-state index contributed by atoms with van der Waals surface area (Å²) in [5.74, 6) is 0.850. The molecule has 1 aromatic carbocycles. The second-order valence-corrected chi connectivity index (χ2v) is 7.05. The van der Waals surface area contributed by atoms with Crippen LogP contribution in [0.3, 0.4) is 0 Å². The van der Waals surface area contributed by atoms with Gasteiger partial charge in [0.05, 0.1) is 6.61 Å². The number of unbranched alkanes of at least 4 members (excludes halogenated alkanes) is 3. The smallest absolute Gasteiger partial charge is 0.411 e. The average Bonchev–Trinajstić information content (AvgIpc) is 2.64. The van der Waals surface area contributed by atoms with E-state index < -0.39 is 6.09 Å². The fourth-order valence-electron chi connectivity index (χ4n) is 3.18. The summed E-state index contributed by atoms with van der Waals surface area (Å²) in [6, 6.07) is 5.74. The zero-order valence-corrected chi connectivity index (χ0v) is 16.4. The highest BCUT2D eigenvalue weighted by Crippen LogP contribution is 2.22. The van der Waals surface area contributed by atoms with E-state index in [1.54, 1.807) is 0 Å². The van der Waals surface area contributed by atoms with Crippen molar-refractivity contribution in [2.45, 2.75) is 58.8 Å². The number of carbonyl (C=O) groups is 1. The number of aryl methyl sites for hydroxylation is 1. The van der Waals surface area contributed by atoms with Gasteiger partial charge < -0.3 is 9.47 Å². The Balaban J connectivity index is 1.68. The Morgan fingerprint density at radius 2 is 1.92 bits per heavy atom. The van der Waals surface area contributed by atoms with Crippen molar-refractivity contribution in [2.24, 2.45) is 0 Å². The standard InChI is InChI=1S/C21H34N2O3/c1-3-4-5-9-15-25-19-10-11-20(18(2)17-19)22-21(24)26-16-14-23-12-7-6-8-13-23/h10-11,17H,3-9,12-16H2,1-2H3,(H,22,24). The number of hydrogen-bond acceptors (Lipinski definition) is 4. The van der Waals surface area contributed by atoms with Crippen LogP contribution < -0.4 is 10.1 Å². The number of anilines is 1. The van der Waals surface area contributed by atoms with Crippen molar-refractivity contribution in [3.8, 4) is 5.75 Å². The number of rotatable bonds is 10. The monoisotopic (exact) mass is 362 g/mol. The molecular formula is C21H34N2O3. The molecule has 5 nitrogen and oxygen atoms in total. The van der Waals surface area contributed by atoms with Crippen molar-refractivity contribution in [3.05, 3.63) is 23.8 Å². The second kappa shape index (κ2) is 11.8. The van der Waals surface area contributed by atoms with E-state index in [1.807, 2.05) is 25.1 Å². The fourth-order valence-corrected chi connectivity index (χ4v) is 3.18. The predicted octanol–water partition coefficient (Wildman–Crippen LogP) is 4.99. The first-order valence-corrected chi connectivity index (χ1v) is 10.1. The molecule has 2 rings (SSSR count). The van der Waals surface area contributed by atoms with Gasteiger partial charge in [-0.15, -0.1) is 0 Å². The van der Waals surface area contributed by atoms with Gasteiger partial charge in [0, 0.05) is 12.2 Å². The molecule has 1 fully saturated rings. The molecule has 5 heteroatoms. The van der Waals surface area contributed by atoms with Gasteiger partial charge in [-0.2, -0.15) is 0 Å². The lowest BCUT2D eigenvalue weighted by Crippen LogP contribution is -2.33. The molecule has 0 unspecified atom stereocenters. The van der Waals surface area contributed by atoms with Crippen molar-refractivity contribution in [2.75, 3.05) is 38.2 Å². The Labute approximate surface area is 158 Å². The Morgan fingerprint density at radius 3 is 2.65 bits per heavy atom. The third kappa shape index (κ3) is 7.65. The number of ether oxygens (including phenoxy) is 2. The highest BCUT2D eigenvalue weighted by atomic mass is 16.5. The number of piperidine rings is 1. The van der Waals surface area contributed by atoms with Gasteiger partial charge in [-0.3, -0.25) is 10.2 Å². The third-order valence-electron chi connectivity index (χ3n) is 4.79. The van der Waals surface area contributed by atoms with Gasteiger partial charge in [-0.1, -0.05) is 32.6 Å². The summed E-state index contributed by atoms with van der Waals surface area (Å²) in [6.07, 6.45) is 8.19. The maximum Gasteiger partial charge on any atom is 0.411 e. The lowest BCUT2D eigenvalue weighted by atomic mass is 10.1. The van der Waals surface area contributed by atoms with E-state index in [-0.39, 0.29) is 0 Å².